The van der Waals surface area contributed by atoms with Crippen LogP contribution in [0, 0.1) is 0 Å². The Balaban J connectivity index is 1.56. The van der Waals surface area contributed by atoms with Crippen LogP contribution in [0.25, 0.3) is 10.9 Å². The van der Waals surface area contributed by atoms with Gasteiger partial charge >= 0.3 is 6.03 Å². The largest absolute Gasteiger partial charge is 0.497 e. The van der Waals surface area contributed by atoms with Gasteiger partial charge in [-0.1, -0.05) is 30.3 Å². The van der Waals surface area contributed by atoms with Gasteiger partial charge in [-0.2, -0.15) is 0 Å². The highest BCUT2D eigenvalue weighted by Gasteiger charge is 2.35. The molecule has 34 heavy (non-hydrogen) atoms. The van der Waals surface area contributed by atoms with Crippen LogP contribution in [0.2, 0.25) is 0 Å². The lowest BCUT2D eigenvalue weighted by molar-refractivity contribution is 0.193. The van der Waals surface area contributed by atoms with Crippen LogP contribution in [0.4, 0.5) is 10.5 Å². The molecule has 4 aromatic rings. The van der Waals surface area contributed by atoms with E-state index in [4.69, 9.17) is 14.2 Å². The fourth-order valence-corrected chi connectivity index (χ4v) is 4.69. The summed E-state index contributed by atoms with van der Waals surface area (Å²) in [4.78, 5) is 19.1. The minimum absolute atomic E-state index is 0.211. The van der Waals surface area contributed by atoms with Crippen molar-refractivity contribution in [2.24, 2.45) is 0 Å². The second-order valence-corrected chi connectivity index (χ2v) is 8.18. The van der Waals surface area contributed by atoms with Gasteiger partial charge in [-0.15, -0.1) is 0 Å². The SMILES string of the molecule is COc1ccc(C2c3[nH]c4ccccc4c3CCN2C(=O)Nc2cc(OC)ccc2OC)cc1. The van der Waals surface area contributed by atoms with Crippen LogP contribution in [0.1, 0.15) is 22.9 Å². The van der Waals surface area contributed by atoms with Crippen molar-refractivity contribution in [3.63, 3.8) is 0 Å². The van der Waals surface area contributed by atoms with E-state index >= 15 is 0 Å². The van der Waals surface area contributed by atoms with Gasteiger partial charge in [-0.05, 0) is 47.9 Å². The predicted octanol–water partition coefficient (Wildman–Crippen LogP) is 5.37. The van der Waals surface area contributed by atoms with Crippen LogP contribution in [-0.4, -0.2) is 43.8 Å². The molecule has 1 aliphatic heterocycles. The smallest absolute Gasteiger partial charge is 0.322 e. The highest BCUT2D eigenvalue weighted by Crippen LogP contribution is 2.39. The first-order valence-corrected chi connectivity index (χ1v) is 11.2. The summed E-state index contributed by atoms with van der Waals surface area (Å²) in [7, 11) is 4.82. The van der Waals surface area contributed by atoms with E-state index in [2.05, 4.69) is 22.4 Å². The van der Waals surface area contributed by atoms with Gasteiger partial charge in [0, 0.05) is 29.2 Å². The molecule has 7 heteroatoms. The number of H-pyrrole nitrogens is 1. The standard InChI is InChI=1S/C27H27N3O4/c1-32-18-10-8-17(9-11-18)26-25-21(20-6-4-5-7-22(20)28-25)14-15-30(26)27(31)29-23-16-19(33-2)12-13-24(23)34-3/h4-13,16,26,28H,14-15H2,1-3H3,(H,29,31). The summed E-state index contributed by atoms with van der Waals surface area (Å²) in [5.74, 6) is 1.98. The van der Waals surface area contributed by atoms with Crippen molar-refractivity contribution in [1.29, 1.82) is 0 Å². The predicted molar refractivity (Wildman–Crippen MR) is 132 cm³/mol. The maximum absolute atomic E-state index is 13.6. The third kappa shape index (κ3) is 3.79. The number of methoxy groups -OCH3 is 3. The third-order valence-electron chi connectivity index (χ3n) is 6.38. The zero-order chi connectivity index (χ0) is 23.7. The van der Waals surface area contributed by atoms with Crippen molar-refractivity contribution in [2.45, 2.75) is 12.5 Å². The Kier molecular flexibility index (Phi) is 5.76. The Labute approximate surface area is 198 Å². The molecule has 1 unspecified atom stereocenters. The third-order valence-corrected chi connectivity index (χ3v) is 6.38. The van der Waals surface area contributed by atoms with E-state index in [1.807, 2.05) is 41.3 Å². The first-order chi connectivity index (χ1) is 16.6. The molecule has 0 aliphatic carbocycles. The number of nitrogens with zero attached hydrogens (tertiary/aromatic N) is 1. The van der Waals surface area contributed by atoms with E-state index < -0.39 is 0 Å². The maximum Gasteiger partial charge on any atom is 0.322 e. The lowest BCUT2D eigenvalue weighted by Crippen LogP contribution is -2.43. The topological polar surface area (TPSA) is 75.8 Å². The van der Waals surface area contributed by atoms with E-state index in [9.17, 15) is 4.79 Å². The van der Waals surface area contributed by atoms with E-state index in [1.54, 1.807) is 39.5 Å². The number of hydrogen-bond donors (Lipinski definition) is 2. The highest BCUT2D eigenvalue weighted by atomic mass is 16.5. The molecular formula is C27H27N3O4. The van der Waals surface area contributed by atoms with Gasteiger partial charge in [0.25, 0.3) is 0 Å². The number of ether oxygens (including phenoxy) is 3. The Morgan fingerprint density at radius 1 is 0.941 bits per heavy atom. The minimum Gasteiger partial charge on any atom is -0.497 e. The summed E-state index contributed by atoms with van der Waals surface area (Å²) in [5.41, 5.74) is 4.91. The number of para-hydroxylation sites is 1. The summed E-state index contributed by atoms with van der Waals surface area (Å²) in [5, 5.41) is 4.24. The molecule has 0 saturated carbocycles. The fourth-order valence-electron chi connectivity index (χ4n) is 4.69. The van der Waals surface area contributed by atoms with Crippen molar-refractivity contribution in [2.75, 3.05) is 33.2 Å². The van der Waals surface area contributed by atoms with E-state index in [0.29, 0.717) is 23.7 Å². The summed E-state index contributed by atoms with van der Waals surface area (Å²) < 4.78 is 16.1. The number of amides is 2. The first-order valence-electron chi connectivity index (χ1n) is 11.2. The van der Waals surface area contributed by atoms with E-state index in [0.717, 1.165) is 28.9 Å². The molecule has 1 aliphatic rings. The molecule has 2 heterocycles. The molecule has 2 amide bonds. The number of aromatic nitrogens is 1. The summed E-state index contributed by atoms with van der Waals surface area (Å²) >= 11 is 0. The summed E-state index contributed by atoms with van der Waals surface area (Å²) in [6.07, 6.45) is 0.759. The summed E-state index contributed by atoms with van der Waals surface area (Å²) in [6, 6.07) is 21.0. The first kappa shape index (κ1) is 21.7. The number of aromatic amines is 1. The van der Waals surface area contributed by atoms with Gasteiger partial charge in [0.15, 0.2) is 0 Å². The van der Waals surface area contributed by atoms with Crippen LogP contribution in [0.3, 0.4) is 0 Å². The molecule has 2 N–H and O–H groups in total. The van der Waals surface area contributed by atoms with Gasteiger partial charge in [-0.25, -0.2) is 4.79 Å². The average Bonchev–Trinajstić information content (AvgIpc) is 3.27. The van der Waals surface area contributed by atoms with Crippen LogP contribution in [0.15, 0.2) is 66.7 Å². The minimum atomic E-state index is -0.279. The van der Waals surface area contributed by atoms with Gasteiger partial charge in [-0.3, -0.25) is 0 Å². The zero-order valence-corrected chi connectivity index (χ0v) is 19.4. The second kappa shape index (κ2) is 9.02. The Morgan fingerprint density at radius 3 is 2.41 bits per heavy atom. The molecule has 0 fully saturated rings. The Hall–Kier alpha value is -4.13. The monoisotopic (exact) mass is 457 g/mol. The van der Waals surface area contributed by atoms with Gasteiger partial charge in [0.05, 0.1) is 33.1 Å². The van der Waals surface area contributed by atoms with E-state index in [-0.39, 0.29) is 12.1 Å². The van der Waals surface area contributed by atoms with Gasteiger partial charge < -0.3 is 29.4 Å². The van der Waals surface area contributed by atoms with Gasteiger partial charge in [0.2, 0.25) is 0 Å². The number of urea groups is 1. The van der Waals surface area contributed by atoms with Crippen LogP contribution in [0.5, 0.6) is 17.2 Å². The second-order valence-electron chi connectivity index (χ2n) is 8.18. The summed E-state index contributed by atoms with van der Waals surface area (Å²) in [6.45, 7) is 0.573. The molecule has 174 valence electrons. The number of benzene rings is 3. The Bertz CT molecular complexity index is 1330. The van der Waals surface area contributed by atoms with Crippen molar-refractivity contribution in [3.05, 3.63) is 83.6 Å². The maximum atomic E-state index is 13.6. The number of fused-ring (bicyclic) bond motifs is 3. The molecular weight excluding hydrogens is 430 g/mol. The van der Waals surface area contributed by atoms with Crippen molar-refractivity contribution in [1.82, 2.24) is 9.88 Å². The molecule has 7 nitrogen and oxygen atoms in total. The van der Waals surface area contributed by atoms with Crippen LogP contribution < -0.4 is 19.5 Å². The molecule has 1 atom stereocenters. The zero-order valence-electron chi connectivity index (χ0n) is 19.4. The van der Waals surface area contributed by atoms with E-state index in [1.165, 1.54) is 10.9 Å². The fraction of sp³-hybridized carbons (Fsp3) is 0.222. The lowest BCUT2D eigenvalue weighted by atomic mass is 9.92. The molecule has 3 aromatic carbocycles. The molecule has 0 bridgehead atoms. The molecule has 0 spiro atoms. The molecule has 0 saturated heterocycles. The molecule has 0 radical (unpaired) electrons. The van der Waals surface area contributed by atoms with Crippen molar-refractivity contribution in [3.8, 4) is 17.2 Å². The van der Waals surface area contributed by atoms with Crippen molar-refractivity contribution >= 4 is 22.6 Å². The van der Waals surface area contributed by atoms with Crippen molar-refractivity contribution < 1.29 is 19.0 Å². The molecule has 1 aromatic heterocycles. The quantitative estimate of drug-likeness (QED) is 0.422. The van der Waals surface area contributed by atoms with Crippen LogP contribution >= 0.6 is 0 Å². The van der Waals surface area contributed by atoms with Crippen LogP contribution in [-0.2, 0) is 6.42 Å². The Morgan fingerprint density at radius 2 is 1.68 bits per heavy atom. The lowest BCUT2D eigenvalue weighted by Gasteiger charge is -2.36. The number of rotatable bonds is 5. The number of hydrogen-bond acceptors (Lipinski definition) is 4. The molecule has 5 rings (SSSR count). The average molecular weight is 458 g/mol. The van der Waals surface area contributed by atoms with Gasteiger partial charge in [0.1, 0.15) is 17.2 Å². The number of anilines is 1. The normalized spacial score (nSPS) is 15.0. The number of carbonyl (C=O) groups is 1. The number of carbonyl (C=O) groups excluding carboxylic acids is 1. The highest BCUT2D eigenvalue weighted by molar-refractivity contribution is 5.93. The number of nitrogens with one attached hydrogen (secondary N) is 2.